The summed E-state index contributed by atoms with van der Waals surface area (Å²) < 4.78 is 0. The lowest BCUT2D eigenvalue weighted by Gasteiger charge is -2.38. The minimum atomic E-state index is 0.358. The number of piperidine rings is 1. The highest BCUT2D eigenvalue weighted by molar-refractivity contribution is 5.26. The molecular formula is C18H28N2O. The van der Waals surface area contributed by atoms with Crippen molar-refractivity contribution in [1.29, 1.82) is 0 Å². The molecule has 2 aliphatic heterocycles. The van der Waals surface area contributed by atoms with E-state index in [0.29, 0.717) is 11.8 Å². The second-order valence-electron chi connectivity index (χ2n) is 6.80. The fourth-order valence-corrected chi connectivity index (χ4v) is 3.98. The number of rotatable bonds is 4. The predicted octanol–water partition coefficient (Wildman–Crippen LogP) is 2.79. The molecule has 2 N–H and O–H groups in total. The number of phenols is 1. The minimum absolute atomic E-state index is 0.358. The molecule has 2 unspecified atom stereocenters. The molecule has 0 spiro atoms. The lowest BCUT2D eigenvalue weighted by atomic mass is 9.88. The van der Waals surface area contributed by atoms with Gasteiger partial charge in [0.05, 0.1) is 0 Å². The van der Waals surface area contributed by atoms with Crippen LogP contribution in [-0.2, 0) is 6.42 Å². The first-order chi connectivity index (χ1) is 10.2. The fourth-order valence-electron chi connectivity index (χ4n) is 3.98. The van der Waals surface area contributed by atoms with E-state index in [2.05, 4.69) is 17.1 Å². The largest absolute Gasteiger partial charge is 0.508 e. The van der Waals surface area contributed by atoms with E-state index in [9.17, 15) is 5.11 Å². The molecule has 0 aliphatic carbocycles. The van der Waals surface area contributed by atoms with Crippen LogP contribution in [0.15, 0.2) is 24.3 Å². The number of benzene rings is 1. The van der Waals surface area contributed by atoms with Gasteiger partial charge in [-0.05, 0) is 82.3 Å². The van der Waals surface area contributed by atoms with Gasteiger partial charge in [-0.15, -0.1) is 0 Å². The maximum absolute atomic E-state index is 9.36. The smallest absolute Gasteiger partial charge is 0.115 e. The van der Waals surface area contributed by atoms with E-state index in [0.717, 1.165) is 18.4 Å². The molecule has 0 radical (unpaired) electrons. The lowest BCUT2D eigenvalue weighted by Crippen LogP contribution is -2.44. The van der Waals surface area contributed by atoms with Gasteiger partial charge in [0.1, 0.15) is 5.75 Å². The Balaban J connectivity index is 1.48. The molecule has 21 heavy (non-hydrogen) atoms. The van der Waals surface area contributed by atoms with Crippen LogP contribution in [0.1, 0.15) is 38.2 Å². The molecule has 1 aromatic rings. The summed E-state index contributed by atoms with van der Waals surface area (Å²) in [5.41, 5.74) is 1.32. The average Bonchev–Trinajstić information content (AvgIpc) is 3.04. The van der Waals surface area contributed by atoms with Crippen LogP contribution in [0.4, 0.5) is 0 Å². The SMILES string of the molecule is CC(Cc1ccc(O)cc1)N1CCC(C2CCCN2)CC1. The molecule has 2 atom stereocenters. The third-order valence-electron chi connectivity index (χ3n) is 5.33. The number of nitrogens with one attached hydrogen (secondary N) is 1. The molecular weight excluding hydrogens is 260 g/mol. The van der Waals surface area contributed by atoms with Crippen LogP contribution in [0.25, 0.3) is 0 Å². The van der Waals surface area contributed by atoms with Crippen molar-refractivity contribution in [1.82, 2.24) is 10.2 Å². The maximum Gasteiger partial charge on any atom is 0.115 e. The lowest BCUT2D eigenvalue weighted by molar-refractivity contribution is 0.126. The van der Waals surface area contributed by atoms with Gasteiger partial charge in [-0.25, -0.2) is 0 Å². The standard InChI is InChI=1S/C18H28N2O/c1-14(13-15-4-6-17(21)7-5-15)20-11-8-16(9-12-20)18-3-2-10-19-18/h4-7,14,16,18-19,21H,2-3,8-13H2,1H3. The number of phenolic OH excluding ortho intramolecular Hbond substituents is 1. The number of likely N-dealkylation sites (tertiary alicyclic amines) is 1. The van der Waals surface area contributed by atoms with Gasteiger partial charge in [0, 0.05) is 12.1 Å². The van der Waals surface area contributed by atoms with Crippen molar-refractivity contribution in [3.8, 4) is 5.75 Å². The molecule has 0 saturated carbocycles. The number of hydrogen-bond acceptors (Lipinski definition) is 3. The summed E-state index contributed by atoms with van der Waals surface area (Å²) in [4.78, 5) is 2.64. The summed E-state index contributed by atoms with van der Waals surface area (Å²) in [5.74, 6) is 1.25. The first-order valence-corrected chi connectivity index (χ1v) is 8.48. The topological polar surface area (TPSA) is 35.5 Å². The van der Waals surface area contributed by atoms with Crippen molar-refractivity contribution < 1.29 is 5.11 Å². The van der Waals surface area contributed by atoms with Crippen molar-refractivity contribution >= 4 is 0 Å². The van der Waals surface area contributed by atoms with Crippen molar-refractivity contribution in [3.05, 3.63) is 29.8 Å². The molecule has 2 saturated heterocycles. The zero-order valence-electron chi connectivity index (χ0n) is 13.1. The Labute approximate surface area is 128 Å². The second kappa shape index (κ2) is 6.80. The van der Waals surface area contributed by atoms with Crippen LogP contribution in [0, 0.1) is 5.92 Å². The molecule has 3 heteroatoms. The first kappa shape index (κ1) is 14.9. The molecule has 0 bridgehead atoms. The van der Waals surface area contributed by atoms with Gasteiger partial charge in [-0.3, -0.25) is 0 Å². The van der Waals surface area contributed by atoms with Gasteiger partial charge in [0.15, 0.2) is 0 Å². The Morgan fingerprint density at radius 2 is 1.90 bits per heavy atom. The zero-order valence-corrected chi connectivity index (χ0v) is 13.1. The number of hydrogen-bond donors (Lipinski definition) is 2. The van der Waals surface area contributed by atoms with Crippen molar-refractivity contribution in [3.63, 3.8) is 0 Å². The number of nitrogens with zero attached hydrogens (tertiary/aromatic N) is 1. The Bertz CT molecular complexity index is 431. The average molecular weight is 288 g/mol. The molecule has 2 heterocycles. The zero-order chi connectivity index (χ0) is 14.7. The van der Waals surface area contributed by atoms with Crippen molar-refractivity contribution in [2.75, 3.05) is 19.6 Å². The Hall–Kier alpha value is -1.06. The third-order valence-corrected chi connectivity index (χ3v) is 5.33. The van der Waals surface area contributed by atoms with Gasteiger partial charge in [0.2, 0.25) is 0 Å². The molecule has 2 aliphatic rings. The summed E-state index contributed by atoms with van der Waals surface area (Å²) in [7, 11) is 0. The van der Waals surface area contributed by atoms with Crippen LogP contribution in [0.5, 0.6) is 5.75 Å². The summed E-state index contributed by atoms with van der Waals surface area (Å²) in [5, 5.41) is 13.0. The van der Waals surface area contributed by atoms with E-state index >= 15 is 0 Å². The van der Waals surface area contributed by atoms with E-state index in [4.69, 9.17) is 0 Å². The second-order valence-corrected chi connectivity index (χ2v) is 6.80. The Morgan fingerprint density at radius 1 is 1.19 bits per heavy atom. The van der Waals surface area contributed by atoms with Crippen LogP contribution >= 0.6 is 0 Å². The molecule has 0 aromatic heterocycles. The molecule has 1 aromatic carbocycles. The van der Waals surface area contributed by atoms with Gasteiger partial charge in [0.25, 0.3) is 0 Å². The van der Waals surface area contributed by atoms with E-state index in [1.165, 1.54) is 50.9 Å². The van der Waals surface area contributed by atoms with Crippen molar-refractivity contribution in [2.45, 2.75) is 51.1 Å². The van der Waals surface area contributed by atoms with Gasteiger partial charge >= 0.3 is 0 Å². The van der Waals surface area contributed by atoms with Crippen LogP contribution in [0.3, 0.4) is 0 Å². The predicted molar refractivity (Wildman–Crippen MR) is 86.6 cm³/mol. The first-order valence-electron chi connectivity index (χ1n) is 8.48. The highest BCUT2D eigenvalue weighted by atomic mass is 16.3. The molecule has 3 rings (SSSR count). The van der Waals surface area contributed by atoms with Crippen LogP contribution in [0.2, 0.25) is 0 Å². The molecule has 116 valence electrons. The normalized spacial score (nSPS) is 26.0. The van der Waals surface area contributed by atoms with E-state index < -0.39 is 0 Å². The summed E-state index contributed by atoms with van der Waals surface area (Å²) in [6.07, 6.45) is 6.51. The highest BCUT2D eigenvalue weighted by Crippen LogP contribution is 2.27. The minimum Gasteiger partial charge on any atom is -0.508 e. The van der Waals surface area contributed by atoms with Crippen molar-refractivity contribution in [2.24, 2.45) is 5.92 Å². The number of aromatic hydroxyl groups is 1. The van der Waals surface area contributed by atoms with E-state index in [1.807, 2.05) is 12.1 Å². The Morgan fingerprint density at radius 3 is 2.52 bits per heavy atom. The molecule has 3 nitrogen and oxygen atoms in total. The molecule has 2 fully saturated rings. The fraction of sp³-hybridized carbons (Fsp3) is 0.667. The summed E-state index contributed by atoms with van der Waals surface area (Å²) >= 11 is 0. The summed E-state index contributed by atoms with van der Waals surface area (Å²) in [6, 6.07) is 9.05. The van der Waals surface area contributed by atoms with Gasteiger partial charge in [-0.2, -0.15) is 0 Å². The molecule has 0 amide bonds. The maximum atomic E-state index is 9.36. The van der Waals surface area contributed by atoms with E-state index in [-0.39, 0.29) is 0 Å². The van der Waals surface area contributed by atoms with Crippen LogP contribution in [-0.4, -0.2) is 41.7 Å². The quantitative estimate of drug-likeness (QED) is 0.894. The summed E-state index contributed by atoms with van der Waals surface area (Å²) in [6.45, 7) is 6.04. The monoisotopic (exact) mass is 288 g/mol. The van der Waals surface area contributed by atoms with Gasteiger partial charge < -0.3 is 15.3 Å². The Kier molecular flexibility index (Phi) is 4.81. The third kappa shape index (κ3) is 3.78. The van der Waals surface area contributed by atoms with Gasteiger partial charge in [-0.1, -0.05) is 12.1 Å². The van der Waals surface area contributed by atoms with Crippen LogP contribution < -0.4 is 5.32 Å². The van der Waals surface area contributed by atoms with E-state index in [1.54, 1.807) is 12.1 Å². The highest BCUT2D eigenvalue weighted by Gasteiger charge is 2.29.